The first kappa shape index (κ1) is 31.1. The van der Waals surface area contributed by atoms with E-state index < -0.39 is 11.7 Å². The number of ether oxygens (including phenoxy) is 1. The molecule has 216 valence electrons. The molecule has 0 atom stereocenters. The van der Waals surface area contributed by atoms with Crippen molar-refractivity contribution in [3.8, 4) is 22.4 Å². The van der Waals surface area contributed by atoms with Crippen LogP contribution in [0.5, 0.6) is 0 Å². The van der Waals surface area contributed by atoms with Crippen LogP contribution in [0.2, 0.25) is 0 Å². The molecule has 1 aromatic heterocycles. The Labute approximate surface area is 238 Å². The number of methoxy groups -OCH3 is 1. The second-order valence-electron chi connectivity index (χ2n) is 9.04. The number of nitrogens with one attached hydrogen (secondary N) is 1. The highest BCUT2D eigenvalue weighted by Crippen LogP contribution is 2.32. The molecular weight excluding hydrogens is 531 g/mol. The lowest BCUT2D eigenvalue weighted by Crippen LogP contribution is -2.22. The Balaban J connectivity index is 1.93. The van der Waals surface area contributed by atoms with Crippen LogP contribution < -0.4 is 11.2 Å². The molecular formula is C31H34F3N5O2. The molecule has 0 unspecified atom stereocenters. The second kappa shape index (κ2) is 14.3. The van der Waals surface area contributed by atoms with Crippen LogP contribution in [0, 0.1) is 0 Å². The molecule has 1 heterocycles. The Morgan fingerprint density at radius 2 is 1.71 bits per heavy atom. The molecule has 0 radical (unpaired) electrons. The highest BCUT2D eigenvalue weighted by atomic mass is 19.4. The van der Waals surface area contributed by atoms with Crippen LogP contribution in [0.4, 0.5) is 13.2 Å². The quantitative estimate of drug-likeness (QED) is 0.156. The Morgan fingerprint density at radius 1 is 1.10 bits per heavy atom. The predicted octanol–water partition coefficient (Wildman–Crippen LogP) is 6.18. The van der Waals surface area contributed by atoms with E-state index in [9.17, 15) is 18.0 Å². The molecule has 3 rings (SSSR count). The van der Waals surface area contributed by atoms with Gasteiger partial charge in [0.05, 0.1) is 29.3 Å². The molecule has 0 spiro atoms. The van der Waals surface area contributed by atoms with E-state index in [0.717, 1.165) is 40.3 Å². The van der Waals surface area contributed by atoms with Gasteiger partial charge >= 0.3 is 6.18 Å². The largest absolute Gasteiger partial charge is 0.416 e. The average Bonchev–Trinajstić information content (AvgIpc) is 3.40. The number of halogens is 3. The van der Waals surface area contributed by atoms with Gasteiger partial charge in [-0.25, -0.2) is 10.5 Å². The number of aryl methyl sites for hydroxylation is 1. The summed E-state index contributed by atoms with van der Waals surface area (Å²) < 4.78 is 45.6. The van der Waals surface area contributed by atoms with E-state index in [2.05, 4.69) is 11.9 Å². The summed E-state index contributed by atoms with van der Waals surface area (Å²) in [5.74, 6) is 5.94. The third kappa shape index (κ3) is 8.54. The predicted molar refractivity (Wildman–Crippen MR) is 156 cm³/mol. The van der Waals surface area contributed by atoms with Crippen molar-refractivity contribution < 1.29 is 22.7 Å². The molecule has 0 saturated heterocycles. The normalized spacial score (nSPS) is 12.3. The zero-order chi connectivity index (χ0) is 30.0. The lowest BCUT2D eigenvalue weighted by atomic mass is 10.0. The van der Waals surface area contributed by atoms with Gasteiger partial charge in [-0.15, -0.1) is 0 Å². The van der Waals surface area contributed by atoms with Crippen LogP contribution in [-0.2, 0) is 22.1 Å². The first-order valence-corrected chi connectivity index (χ1v) is 12.9. The van der Waals surface area contributed by atoms with Crippen LogP contribution in [0.15, 0.2) is 97.4 Å². The number of nitrogens with zero attached hydrogens (tertiary/aromatic N) is 3. The maximum Gasteiger partial charge on any atom is 0.416 e. The van der Waals surface area contributed by atoms with Gasteiger partial charge in [0.1, 0.15) is 0 Å². The highest BCUT2D eigenvalue weighted by molar-refractivity contribution is 5.76. The molecule has 3 N–H and O–H groups in total. The van der Waals surface area contributed by atoms with Gasteiger partial charge in [0, 0.05) is 44.5 Å². The van der Waals surface area contributed by atoms with Crippen molar-refractivity contribution in [2.45, 2.75) is 25.9 Å². The lowest BCUT2D eigenvalue weighted by Gasteiger charge is -2.14. The summed E-state index contributed by atoms with van der Waals surface area (Å²) in [6, 6.07) is 14.5. The zero-order valence-corrected chi connectivity index (χ0v) is 23.3. The summed E-state index contributed by atoms with van der Waals surface area (Å²) in [6.07, 6.45) is 5.24. The van der Waals surface area contributed by atoms with Gasteiger partial charge in [0.2, 0.25) is 5.91 Å². The summed E-state index contributed by atoms with van der Waals surface area (Å²) in [5, 5.41) is 8.76. The molecule has 0 aliphatic carbocycles. The Bertz CT molecular complexity index is 1420. The molecule has 0 fully saturated rings. The smallest absolute Gasteiger partial charge is 0.381 e. The number of allylic oxidation sites excluding steroid dienone is 4. The fourth-order valence-corrected chi connectivity index (χ4v) is 3.91. The number of alkyl halides is 3. The first-order valence-electron chi connectivity index (χ1n) is 12.9. The lowest BCUT2D eigenvalue weighted by molar-refractivity contribution is -0.137. The van der Waals surface area contributed by atoms with Crippen LogP contribution in [-0.4, -0.2) is 41.5 Å². The molecule has 0 aliphatic rings. The number of rotatable bonds is 12. The van der Waals surface area contributed by atoms with Gasteiger partial charge in [-0.3, -0.25) is 9.80 Å². The fraction of sp³-hybridized carbons (Fsp3) is 0.226. The van der Waals surface area contributed by atoms with Gasteiger partial charge in [0.25, 0.3) is 0 Å². The summed E-state index contributed by atoms with van der Waals surface area (Å²) in [4.78, 5) is 11.9. The minimum Gasteiger partial charge on any atom is -0.381 e. The van der Waals surface area contributed by atoms with Gasteiger partial charge in [-0.1, -0.05) is 49.1 Å². The first-order chi connectivity index (χ1) is 19.6. The summed E-state index contributed by atoms with van der Waals surface area (Å²) >= 11 is 0. The molecule has 41 heavy (non-hydrogen) atoms. The van der Waals surface area contributed by atoms with Crippen molar-refractivity contribution in [2.75, 3.05) is 20.8 Å². The van der Waals surface area contributed by atoms with Gasteiger partial charge in [0.15, 0.2) is 0 Å². The van der Waals surface area contributed by atoms with Crippen LogP contribution in [0.3, 0.4) is 0 Å². The Hall–Kier alpha value is -4.41. The van der Waals surface area contributed by atoms with E-state index in [1.54, 1.807) is 37.2 Å². The van der Waals surface area contributed by atoms with Crippen LogP contribution in [0.1, 0.15) is 24.6 Å². The number of amides is 1. The fourth-order valence-electron chi connectivity index (χ4n) is 3.91. The molecule has 3 aromatic rings. The maximum absolute atomic E-state index is 13.0. The molecule has 0 bridgehead atoms. The minimum absolute atomic E-state index is 0.0889. The SMILES string of the molecule is C=C(/C=C\C(=C/C)n1nc(CCC(=O)NC)cc1-c1ccc(-c2ccc(C(F)(F)F)cc2)cc1)N(N)/C=C/COC. The van der Waals surface area contributed by atoms with E-state index in [1.807, 2.05) is 49.4 Å². The van der Waals surface area contributed by atoms with Crippen molar-refractivity contribution in [3.63, 3.8) is 0 Å². The van der Waals surface area contributed by atoms with Crippen molar-refractivity contribution >= 4 is 11.6 Å². The molecule has 1 amide bonds. The highest BCUT2D eigenvalue weighted by Gasteiger charge is 2.30. The average molecular weight is 566 g/mol. The number of carbonyl (C=O) groups is 1. The number of hydrogen-bond acceptors (Lipinski definition) is 5. The molecule has 0 aliphatic heterocycles. The molecule has 2 aromatic carbocycles. The van der Waals surface area contributed by atoms with Crippen molar-refractivity contribution in [2.24, 2.45) is 5.84 Å². The van der Waals surface area contributed by atoms with E-state index in [1.165, 1.54) is 17.1 Å². The summed E-state index contributed by atoms with van der Waals surface area (Å²) in [7, 11) is 3.18. The van der Waals surface area contributed by atoms with Gasteiger partial charge in [-0.2, -0.15) is 18.3 Å². The van der Waals surface area contributed by atoms with Crippen molar-refractivity contribution in [3.05, 3.63) is 109 Å². The van der Waals surface area contributed by atoms with Gasteiger partial charge < -0.3 is 10.1 Å². The maximum atomic E-state index is 13.0. The number of benzene rings is 2. The number of hydrazine groups is 1. The van der Waals surface area contributed by atoms with Crippen molar-refractivity contribution in [1.82, 2.24) is 20.1 Å². The van der Waals surface area contributed by atoms with E-state index >= 15 is 0 Å². The third-order valence-corrected chi connectivity index (χ3v) is 6.22. The third-order valence-electron chi connectivity index (χ3n) is 6.22. The van der Waals surface area contributed by atoms with Gasteiger partial charge in [-0.05, 0) is 54.5 Å². The summed E-state index contributed by atoms with van der Waals surface area (Å²) in [6.45, 7) is 6.29. The summed E-state index contributed by atoms with van der Waals surface area (Å²) in [5.41, 5.74) is 4.39. The Morgan fingerprint density at radius 3 is 2.27 bits per heavy atom. The number of nitrogens with two attached hydrogens (primary N) is 1. The monoisotopic (exact) mass is 565 g/mol. The number of hydrogen-bond donors (Lipinski definition) is 2. The van der Waals surface area contributed by atoms with Crippen LogP contribution in [0.25, 0.3) is 28.1 Å². The van der Waals surface area contributed by atoms with Crippen LogP contribution >= 0.6 is 0 Å². The standard InChI is InChI=1S/C31H34F3N5O2/c1-5-28(17-7-22(2)38(35)19-6-20-41-4)39-29(21-27(37-39)16-18-30(40)36-3)25-10-8-23(9-11-25)24-12-14-26(15-13-24)31(32,33)34/h5-15,17,19,21H,2,16,18,20,35H2,1,3-4H3,(H,36,40)/b17-7-,19-6+,28-5+. The minimum atomic E-state index is -4.38. The molecule has 10 heteroatoms. The van der Waals surface area contributed by atoms with E-state index in [0.29, 0.717) is 24.3 Å². The van der Waals surface area contributed by atoms with Crippen molar-refractivity contribution in [1.29, 1.82) is 0 Å². The Kier molecular flexibility index (Phi) is 10.8. The number of aromatic nitrogens is 2. The zero-order valence-electron chi connectivity index (χ0n) is 23.3. The second-order valence-corrected chi connectivity index (χ2v) is 9.04. The van der Waals surface area contributed by atoms with E-state index in [-0.39, 0.29) is 12.3 Å². The molecule has 7 nitrogen and oxygen atoms in total. The number of carbonyl (C=O) groups excluding carboxylic acids is 1. The van der Waals surface area contributed by atoms with E-state index in [4.69, 9.17) is 15.7 Å². The topological polar surface area (TPSA) is 85.4 Å². The molecule has 0 saturated carbocycles.